The van der Waals surface area contributed by atoms with E-state index in [2.05, 4.69) is 10.2 Å². The van der Waals surface area contributed by atoms with E-state index in [1.165, 1.54) is 32.4 Å². The van der Waals surface area contributed by atoms with Crippen LogP contribution in [-0.2, 0) is 4.79 Å². The van der Waals surface area contributed by atoms with E-state index in [4.69, 9.17) is 5.73 Å². The minimum atomic E-state index is -0.0126. The van der Waals surface area contributed by atoms with Crippen LogP contribution in [0, 0.1) is 5.92 Å². The maximum absolute atomic E-state index is 11.6. The molecule has 1 unspecified atom stereocenters. The van der Waals surface area contributed by atoms with Gasteiger partial charge in [0, 0.05) is 25.6 Å². The summed E-state index contributed by atoms with van der Waals surface area (Å²) < 4.78 is 0. The number of amides is 1. The zero-order valence-electron chi connectivity index (χ0n) is 10.4. The fourth-order valence-electron chi connectivity index (χ4n) is 2.12. The van der Waals surface area contributed by atoms with Crippen molar-refractivity contribution in [2.24, 2.45) is 11.7 Å². The molecule has 0 radical (unpaired) electrons. The molecule has 0 aliphatic carbocycles. The van der Waals surface area contributed by atoms with Crippen molar-refractivity contribution in [2.75, 3.05) is 32.7 Å². The number of carbonyl (C=O) groups excluding carboxylic acids is 1. The maximum atomic E-state index is 11.6. The van der Waals surface area contributed by atoms with Crippen molar-refractivity contribution in [3.63, 3.8) is 0 Å². The van der Waals surface area contributed by atoms with Gasteiger partial charge in [-0.15, -0.1) is 0 Å². The Labute approximate surface area is 98.6 Å². The molecule has 1 rings (SSSR count). The Morgan fingerprint density at radius 3 is 2.62 bits per heavy atom. The third-order valence-electron chi connectivity index (χ3n) is 3.32. The van der Waals surface area contributed by atoms with Crippen molar-refractivity contribution in [3.05, 3.63) is 0 Å². The van der Waals surface area contributed by atoms with Gasteiger partial charge in [0.15, 0.2) is 0 Å². The number of piperidine rings is 1. The molecule has 0 aromatic heterocycles. The van der Waals surface area contributed by atoms with Crippen molar-refractivity contribution in [3.8, 4) is 0 Å². The van der Waals surface area contributed by atoms with Gasteiger partial charge in [0.25, 0.3) is 0 Å². The van der Waals surface area contributed by atoms with Crippen LogP contribution in [0.3, 0.4) is 0 Å². The molecule has 0 spiro atoms. The summed E-state index contributed by atoms with van der Waals surface area (Å²) in [6.45, 7) is 6.56. The van der Waals surface area contributed by atoms with Gasteiger partial charge in [-0.2, -0.15) is 0 Å². The van der Waals surface area contributed by atoms with Crippen molar-refractivity contribution in [2.45, 2.75) is 32.6 Å². The molecule has 1 saturated heterocycles. The number of hydrogen-bond acceptors (Lipinski definition) is 3. The van der Waals surface area contributed by atoms with Crippen LogP contribution in [0.15, 0.2) is 0 Å². The number of nitrogens with one attached hydrogen (secondary N) is 1. The standard InChI is InChI=1S/C12H25N3O/c1-2-11(10-13)12(16)14-6-9-15-7-4-3-5-8-15/h11H,2-10,13H2,1H3,(H,14,16). The van der Waals surface area contributed by atoms with Gasteiger partial charge in [-0.3, -0.25) is 4.79 Å². The maximum Gasteiger partial charge on any atom is 0.224 e. The van der Waals surface area contributed by atoms with E-state index in [1.54, 1.807) is 0 Å². The predicted molar refractivity (Wildman–Crippen MR) is 66.1 cm³/mol. The molecule has 1 heterocycles. The molecule has 16 heavy (non-hydrogen) atoms. The van der Waals surface area contributed by atoms with E-state index in [1.807, 2.05) is 6.92 Å². The molecule has 1 atom stereocenters. The summed E-state index contributed by atoms with van der Waals surface area (Å²) in [4.78, 5) is 14.1. The zero-order chi connectivity index (χ0) is 11.8. The smallest absolute Gasteiger partial charge is 0.224 e. The fraction of sp³-hybridized carbons (Fsp3) is 0.917. The number of likely N-dealkylation sites (tertiary alicyclic amines) is 1. The topological polar surface area (TPSA) is 58.4 Å². The summed E-state index contributed by atoms with van der Waals surface area (Å²) in [5, 5.41) is 2.97. The Hall–Kier alpha value is -0.610. The molecule has 1 amide bonds. The lowest BCUT2D eigenvalue weighted by atomic mass is 10.1. The van der Waals surface area contributed by atoms with Crippen molar-refractivity contribution in [1.29, 1.82) is 0 Å². The first-order valence-corrected chi connectivity index (χ1v) is 6.48. The Bertz CT molecular complexity index is 198. The Balaban J connectivity index is 2.11. The highest BCUT2D eigenvalue weighted by molar-refractivity contribution is 5.78. The van der Waals surface area contributed by atoms with Crippen molar-refractivity contribution >= 4 is 5.91 Å². The molecule has 0 bridgehead atoms. The molecule has 0 aromatic rings. The largest absolute Gasteiger partial charge is 0.355 e. The van der Waals surface area contributed by atoms with Crippen LogP contribution in [-0.4, -0.2) is 43.5 Å². The monoisotopic (exact) mass is 227 g/mol. The van der Waals surface area contributed by atoms with Crippen LogP contribution in [0.1, 0.15) is 32.6 Å². The Kier molecular flexibility index (Phi) is 6.42. The lowest BCUT2D eigenvalue weighted by Crippen LogP contribution is -2.40. The number of nitrogens with two attached hydrogens (primary N) is 1. The second kappa shape index (κ2) is 7.63. The zero-order valence-corrected chi connectivity index (χ0v) is 10.4. The lowest BCUT2D eigenvalue weighted by Gasteiger charge is -2.26. The van der Waals surface area contributed by atoms with E-state index in [-0.39, 0.29) is 11.8 Å². The van der Waals surface area contributed by atoms with Gasteiger partial charge in [0.05, 0.1) is 0 Å². The van der Waals surface area contributed by atoms with Crippen molar-refractivity contribution in [1.82, 2.24) is 10.2 Å². The van der Waals surface area contributed by atoms with Gasteiger partial charge in [-0.25, -0.2) is 0 Å². The van der Waals surface area contributed by atoms with Crippen LogP contribution in [0.5, 0.6) is 0 Å². The minimum Gasteiger partial charge on any atom is -0.355 e. The number of carbonyl (C=O) groups is 1. The molecule has 94 valence electrons. The van der Waals surface area contributed by atoms with Gasteiger partial charge in [-0.1, -0.05) is 13.3 Å². The second-order valence-electron chi connectivity index (χ2n) is 4.53. The summed E-state index contributed by atoms with van der Waals surface area (Å²) in [5.74, 6) is 0.100. The molecule has 0 aromatic carbocycles. The van der Waals surface area contributed by atoms with Crippen LogP contribution < -0.4 is 11.1 Å². The molecule has 3 N–H and O–H groups in total. The molecule has 1 fully saturated rings. The average Bonchev–Trinajstić information content (AvgIpc) is 2.32. The van der Waals surface area contributed by atoms with E-state index in [0.29, 0.717) is 6.54 Å². The van der Waals surface area contributed by atoms with Gasteiger partial charge >= 0.3 is 0 Å². The van der Waals surface area contributed by atoms with Gasteiger partial charge in [-0.05, 0) is 32.4 Å². The SMILES string of the molecule is CCC(CN)C(=O)NCCN1CCCCC1. The van der Waals surface area contributed by atoms with E-state index in [0.717, 1.165) is 19.5 Å². The second-order valence-corrected chi connectivity index (χ2v) is 4.53. The average molecular weight is 227 g/mol. The third kappa shape index (κ3) is 4.49. The summed E-state index contributed by atoms with van der Waals surface area (Å²) in [7, 11) is 0. The first-order valence-electron chi connectivity index (χ1n) is 6.48. The van der Waals surface area contributed by atoms with Crippen LogP contribution in [0.25, 0.3) is 0 Å². The van der Waals surface area contributed by atoms with Gasteiger partial charge in [0.2, 0.25) is 5.91 Å². The van der Waals surface area contributed by atoms with Gasteiger partial charge < -0.3 is 16.0 Å². The van der Waals surface area contributed by atoms with E-state index < -0.39 is 0 Å². The fourth-order valence-corrected chi connectivity index (χ4v) is 2.12. The third-order valence-corrected chi connectivity index (χ3v) is 3.32. The Morgan fingerprint density at radius 1 is 1.38 bits per heavy atom. The molecule has 1 aliphatic heterocycles. The highest BCUT2D eigenvalue weighted by Gasteiger charge is 2.14. The first kappa shape index (κ1) is 13.5. The first-order chi connectivity index (χ1) is 7.77. The predicted octanol–water partition coefficient (Wildman–Crippen LogP) is 0.573. The molecule has 4 nitrogen and oxygen atoms in total. The highest BCUT2D eigenvalue weighted by atomic mass is 16.1. The molecule has 1 aliphatic rings. The van der Waals surface area contributed by atoms with Gasteiger partial charge in [0.1, 0.15) is 0 Å². The molecular formula is C12H25N3O. The number of rotatable bonds is 6. The number of hydrogen-bond donors (Lipinski definition) is 2. The lowest BCUT2D eigenvalue weighted by molar-refractivity contribution is -0.124. The molecular weight excluding hydrogens is 202 g/mol. The van der Waals surface area contributed by atoms with Crippen molar-refractivity contribution < 1.29 is 4.79 Å². The molecule has 4 heteroatoms. The quantitative estimate of drug-likeness (QED) is 0.697. The van der Waals surface area contributed by atoms with Crippen LogP contribution in [0.4, 0.5) is 0 Å². The van der Waals surface area contributed by atoms with Crippen LogP contribution >= 0.6 is 0 Å². The number of nitrogens with zero attached hydrogens (tertiary/aromatic N) is 1. The minimum absolute atomic E-state index is 0.0126. The van der Waals surface area contributed by atoms with E-state index >= 15 is 0 Å². The molecule has 0 saturated carbocycles. The summed E-state index contributed by atoms with van der Waals surface area (Å²) in [6, 6.07) is 0. The van der Waals surface area contributed by atoms with Crippen LogP contribution in [0.2, 0.25) is 0 Å². The summed E-state index contributed by atoms with van der Waals surface area (Å²) >= 11 is 0. The summed E-state index contributed by atoms with van der Waals surface area (Å²) in [5.41, 5.74) is 5.53. The normalized spacial score (nSPS) is 19.4. The van der Waals surface area contributed by atoms with E-state index in [9.17, 15) is 4.79 Å². The summed E-state index contributed by atoms with van der Waals surface area (Å²) in [6.07, 6.45) is 4.78. The highest BCUT2D eigenvalue weighted by Crippen LogP contribution is 2.07. The Morgan fingerprint density at radius 2 is 2.06 bits per heavy atom.